The van der Waals surface area contributed by atoms with Gasteiger partial charge in [0.15, 0.2) is 0 Å². The molecule has 1 aliphatic rings. The number of H-pyrrole nitrogens is 1. The molecule has 0 atom stereocenters. The SMILES string of the molecule is Cc1cc2cc(C(=O)c3cnn(-c4cnc(Oc5ccccc5Cl)cc4C)c3N)[nH]c2cc1NS(=O)(=O)N1CCOCC1. The van der Waals surface area contributed by atoms with Crippen molar-refractivity contribution in [2.24, 2.45) is 0 Å². The van der Waals surface area contributed by atoms with Crippen LogP contribution in [0.5, 0.6) is 11.6 Å². The zero-order chi connectivity index (χ0) is 30.3. The van der Waals surface area contributed by atoms with Crippen LogP contribution in [0.4, 0.5) is 11.5 Å². The number of hydrogen-bond acceptors (Lipinski definition) is 8. The van der Waals surface area contributed by atoms with Crippen LogP contribution >= 0.6 is 11.6 Å². The molecule has 0 aliphatic carbocycles. The lowest BCUT2D eigenvalue weighted by molar-refractivity contribution is 0.0733. The summed E-state index contributed by atoms with van der Waals surface area (Å²) in [6.07, 6.45) is 2.97. The number of hydrogen-bond donors (Lipinski definition) is 3. The summed E-state index contributed by atoms with van der Waals surface area (Å²) in [6, 6.07) is 14.0. The summed E-state index contributed by atoms with van der Waals surface area (Å²) in [6.45, 7) is 4.91. The number of ether oxygens (including phenoxy) is 2. The lowest BCUT2D eigenvalue weighted by Crippen LogP contribution is -2.43. The van der Waals surface area contributed by atoms with E-state index in [9.17, 15) is 13.2 Å². The maximum Gasteiger partial charge on any atom is 0.301 e. The summed E-state index contributed by atoms with van der Waals surface area (Å²) in [5.41, 5.74) is 9.94. The molecule has 0 bridgehead atoms. The zero-order valence-electron chi connectivity index (χ0n) is 23.3. The van der Waals surface area contributed by atoms with Crippen molar-refractivity contribution in [2.75, 3.05) is 36.8 Å². The molecule has 14 heteroatoms. The maximum atomic E-state index is 13.5. The number of rotatable bonds is 8. The molecule has 0 spiro atoms. The molecule has 3 aromatic heterocycles. The van der Waals surface area contributed by atoms with Gasteiger partial charge in [-0.05, 0) is 55.3 Å². The first-order chi connectivity index (χ1) is 20.6. The van der Waals surface area contributed by atoms with E-state index in [1.54, 1.807) is 43.5 Å². The van der Waals surface area contributed by atoms with E-state index >= 15 is 0 Å². The van der Waals surface area contributed by atoms with Crippen molar-refractivity contribution < 1.29 is 22.7 Å². The number of para-hydroxylation sites is 1. The predicted molar refractivity (Wildman–Crippen MR) is 163 cm³/mol. The number of anilines is 2. The molecule has 1 saturated heterocycles. The second kappa shape index (κ2) is 11.3. The Bertz CT molecular complexity index is 1970. The van der Waals surface area contributed by atoms with Gasteiger partial charge in [0.1, 0.15) is 11.6 Å². The summed E-state index contributed by atoms with van der Waals surface area (Å²) in [5.74, 6) is 0.600. The van der Waals surface area contributed by atoms with Crippen LogP contribution in [0.1, 0.15) is 27.2 Å². The van der Waals surface area contributed by atoms with Gasteiger partial charge in [-0.25, -0.2) is 9.67 Å². The van der Waals surface area contributed by atoms with E-state index in [1.807, 2.05) is 25.1 Å². The minimum atomic E-state index is -3.76. The van der Waals surface area contributed by atoms with E-state index in [4.69, 9.17) is 26.8 Å². The third-order valence-corrected chi connectivity index (χ3v) is 8.98. The van der Waals surface area contributed by atoms with Gasteiger partial charge in [-0.1, -0.05) is 23.7 Å². The van der Waals surface area contributed by atoms with E-state index in [-0.39, 0.29) is 35.9 Å². The van der Waals surface area contributed by atoms with Crippen molar-refractivity contribution in [3.05, 3.63) is 88.3 Å². The molecule has 1 aliphatic heterocycles. The van der Waals surface area contributed by atoms with Crippen molar-refractivity contribution in [1.82, 2.24) is 24.1 Å². The third kappa shape index (κ3) is 5.67. The highest BCUT2D eigenvalue weighted by Gasteiger charge is 2.25. The van der Waals surface area contributed by atoms with Crippen LogP contribution in [0.3, 0.4) is 0 Å². The number of nitrogen functional groups attached to an aromatic ring is 1. The minimum Gasteiger partial charge on any atom is -0.437 e. The number of nitrogens with one attached hydrogen (secondary N) is 2. The third-order valence-electron chi connectivity index (χ3n) is 7.15. The Morgan fingerprint density at radius 2 is 1.86 bits per heavy atom. The number of fused-ring (bicyclic) bond motifs is 1. The van der Waals surface area contributed by atoms with Gasteiger partial charge in [-0.2, -0.15) is 17.8 Å². The molecule has 0 amide bonds. The molecule has 0 unspecified atom stereocenters. The minimum absolute atomic E-state index is 0.142. The lowest BCUT2D eigenvalue weighted by Gasteiger charge is -2.26. The number of aromatic nitrogens is 4. The molecule has 4 heterocycles. The largest absolute Gasteiger partial charge is 0.437 e. The van der Waals surface area contributed by atoms with Gasteiger partial charge < -0.3 is 20.2 Å². The summed E-state index contributed by atoms with van der Waals surface area (Å²) >= 11 is 6.19. The number of halogens is 1. The highest BCUT2D eigenvalue weighted by molar-refractivity contribution is 7.90. The number of carbonyl (C=O) groups excluding carboxylic acids is 1. The van der Waals surface area contributed by atoms with Crippen molar-refractivity contribution in [2.45, 2.75) is 13.8 Å². The first-order valence-electron chi connectivity index (χ1n) is 13.4. The number of nitrogens with zero attached hydrogens (tertiary/aromatic N) is 4. The van der Waals surface area contributed by atoms with E-state index in [2.05, 4.69) is 19.8 Å². The highest BCUT2D eigenvalue weighted by Crippen LogP contribution is 2.31. The van der Waals surface area contributed by atoms with Gasteiger partial charge in [-0.3, -0.25) is 9.52 Å². The first-order valence-corrected chi connectivity index (χ1v) is 15.2. The predicted octanol–water partition coefficient (Wildman–Crippen LogP) is 4.61. The Balaban J connectivity index is 1.24. The number of aromatic amines is 1. The fourth-order valence-corrected chi connectivity index (χ4v) is 6.26. The monoisotopic (exact) mass is 621 g/mol. The van der Waals surface area contributed by atoms with Crippen molar-refractivity contribution in [1.29, 1.82) is 0 Å². The van der Waals surface area contributed by atoms with Crippen molar-refractivity contribution >= 4 is 50.0 Å². The summed E-state index contributed by atoms with van der Waals surface area (Å²) in [4.78, 5) is 21.0. The summed E-state index contributed by atoms with van der Waals surface area (Å²) < 4.78 is 42.3. The highest BCUT2D eigenvalue weighted by atomic mass is 35.5. The fourth-order valence-electron chi connectivity index (χ4n) is 4.83. The number of morpholine rings is 1. The molecule has 5 aromatic rings. The number of pyridine rings is 1. The molecular formula is C29H28ClN7O5S. The van der Waals surface area contributed by atoms with Gasteiger partial charge >= 0.3 is 10.2 Å². The maximum absolute atomic E-state index is 13.5. The zero-order valence-corrected chi connectivity index (χ0v) is 24.9. The normalized spacial score (nSPS) is 14.2. The molecular weight excluding hydrogens is 594 g/mol. The quantitative estimate of drug-likeness (QED) is 0.212. The average molecular weight is 622 g/mol. The van der Waals surface area contributed by atoms with Crippen LogP contribution in [-0.4, -0.2) is 64.6 Å². The van der Waals surface area contributed by atoms with Crippen LogP contribution in [-0.2, 0) is 14.9 Å². The van der Waals surface area contributed by atoms with Crippen molar-refractivity contribution in [3.63, 3.8) is 0 Å². The Hall–Kier alpha value is -4.43. The van der Waals surface area contributed by atoms with Crippen LogP contribution in [0.2, 0.25) is 5.02 Å². The molecule has 0 radical (unpaired) electrons. The molecule has 43 heavy (non-hydrogen) atoms. The second-order valence-corrected chi connectivity index (χ2v) is 12.2. The standard InChI is InChI=1S/C29H28ClN7O5S/c1-17-11-19-13-24(34-23(19)14-22(17)35-43(39,40)36-7-9-41-10-8-36)28(38)20-15-33-37(29(20)31)25-16-32-27(12-18(25)2)42-26-6-4-3-5-21(26)30/h3-6,11-16,34-35H,7-10,31H2,1-2H3. The van der Waals surface area contributed by atoms with E-state index in [0.717, 1.165) is 10.9 Å². The average Bonchev–Trinajstić information content (AvgIpc) is 3.57. The van der Waals surface area contributed by atoms with Crippen LogP contribution < -0.4 is 15.2 Å². The van der Waals surface area contributed by atoms with E-state index < -0.39 is 10.2 Å². The van der Waals surface area contributed by atoms with Gasteiger partial charge in [0.2, 0.25) is 11.7 Å². The van der Waals surface area contributed by atoms with Crippen molar-refractivity contribution in [3.8, 4) is 17.3 Å². The molecule has 4 N–H and O–H groups in total. The van der Waals surface area contributed by atoms with Gasteiger partial charge in [0.05, 0.1) is 53.3 Å². The number of carbonyl (C=O) groups is 1. The number of nitrogens with two attached hydrogens (primary N) is 1. The Labute approximate surface area is 252 Å². The van der Waals surface area contributed by atoms with Gasteiger partial charge in [0.25, 0.3) is 0 Å². The molecule has 222 valence electrons. The molecule has 0 saturated carbocycles. The Morgan fingerprint density at radius 1 is 1.09 bits per heavy atom. The number of benzene rings is 2. The van der Waals surface area contributed by atoms with E-state index in [1.165, 1.54) is 15.2 Å². The smallest absolute Gasteiger partial charge is 0.301 e. The molecule has 6 rings (SSSR count). The number of aryl methyl sites for hydroxylation is 2. The Kier molecular flexibility index (Phi) is 7.56. The summed E-state index contributed by atoms with van der Waals surface area (Å²) in [7, 11) is -3.76. The topological polar surface area (TPSA) is 157 Å². The summed E-state index contributed by atoms with van der Waals surface area (Å²) in [5, 5.41) is 5.56. The molecule has 1 fully saturated rings. The van der Waals surface area contributed by atoms with Crippen LogP contribution in [0.15, 0.2) is 60.9 Å². The molecule has 2 aromatic carbocycles. The van der Waals surface area contributed by atoms with Gasteiger partial charge in [0, 0.05) is 30.1 Å². The lowest BCUT2D eigenvalue weighted by atomic mass is 10.1. The van der Waals surface area contributed by atoms with Crippen LogP contribution in [0.25, 0.3) is 16.6 Å². The Morgan fingerprint density at radius 3 is 2.60 bits per heavy atom. The van der Waals surface area contributed by atoms with Crippen LogP contribution in [0, 0.1) is 13.8 Å². The fraction of sp³-hybridized carbons (Fsp3) is 0.207. The number of ketones is 1. The molecule has 12 nitrogen and oxygen atoms in total. The first kappa shape index (κ1) is 28.7. The second-order valence-electron chi connectivity index (χ2n) is 10.1. The van der Waals surface area contributed by atoms with Gasteiger partial charge in [-0.15, -0.1) is 0 Å². The van der Waals surface area contributed by atoms with E-state index in [0.29, 0.717) is 52.3 Å².